The largest absolute Gasteiger partial charge is 0.411 e. The highest BCUT2D eigenvalue weighted by Gasteiger charge is 2.31. The Morgan fingerprint density at radius 1 is 1.35 bits per heavy atom. The summed E-state index contributed by atoms with van der Waals surface area (Å²) in [5.74, 6) is -0.334. The molecule has 1 aliphatic rings. The van der Waals surface area contributed by atoms with E-state index in [4.69, 9.17) is 4.74 Å². The number of carbonyl (C=O) groups excluding carboxylic acids is 1. The molecule has 1 aromatic rings. The number of nitrogens with one attached hydrogen (secondary N) is 1. The van der Waals surface area contributed by atoms with Gasteiger partial charge in [-0.05, 0) is 31.7 Å². The van der Waals surface area contributed by atoms with Crippen molar-refractivity contribution in [1.82, 2.24) is 9.88 Å². The van der Waals surface area contributed by atoms with Gasteiger partial charge in [-0.25, -0.2) is 0 Å². The fraction of sp³-hybridized carbons (Fsp3) is 0.600. The van der Waals surface area contributed by atoms with E-state index in [1.807, 2.05) is 0 Å². The molecule has 1 aliphatic carbocycles. The SMILES string of the molecule is O=C(Cn1ccccc1=O)N[C@@H]1CCC[C@H](OCC(F)(F)F)C1. The molecule has 0 unspecified atom stereocenters. The summed E-state index contributed by atoms with van der Waals surface area (Å²) in [6, 6.07) is 4.36. The van der Waals surface area contributed by atoms with E-state index in [2.05, 4.69) is 5.32 Å². The van der Waals surface area contributed by atoms with Gasteiger partial charge < -0.3 is 14.6 Å². The second kappa shape index (κ2) is 7.63. The summed E-state index contributed by atoms with van der Waals surface area (Å²) in [5.41, 5.74) is -0.280. The number of rotatable bonds is 5. The molecule has 2 atom stereocenters. The minimum atomic E-state index is -4.34. The summed E-state index contributed by atoms with van der Waals surface area (Å²) in [6.45, 7) is -1.37. The lowest BCUT2D eigenvalue weighted by Gasteiger charge is -2.30. The van der Waals surface area contributed by atoms with E-state index in [1.54, 1.807) is 12.1 Å². The number of pyridine rings is 1. The van der Waals surface area contributed by atoms with Gasteiger partial charge in [0, 0.05) is 18.3 Å². The van der Waals surface area contributed by atoms with E-state index in [0.717, 1.165) is 0 Å². The molecule has 1 N–H and O–H groups in total. The standard InChI is InChI=1S/C15H19F3N2O3/c16-15(17,18)10-23-12-5-3-4-11(8-12)19-13(21)9-20-7-2-1-6-14(20)22/h1-2,6-7,11-12H,3-5,8-10H2,(H,19,21)/t11-,12+/m1/s1. The Labute approximate surface area is 131 Å². The molecule has 0 radical (unpaired) electrons. The Balaban J connectivity index is 1.81. The quantitative estimate of drug-likeness (QED) is 0.895. The molecular formula is C15H19F3N2O3. The number of alkyl halides is 3. The van der Waals surface area contributed by atoms with Gasteiger partial charge in [0.05, 0.1) is 6.10 Å². The van der Waals surface area contributed by atoms with Crippen molar-refractivity contribution in [2.75, 3.05) is 6.61 Å². The van der Waals surface area contributed by atoms with Crippen LogP contribution in [0.15, 0.2) is 29.2 Å². The molecule has 128 valence electrons. The highest BCUT2D eigenvalue weighted by molar-refractivity contribution is 5.76. The van der Waals surface area contributed by atoms with Crippen molar-refractivity contribution in [3.05, 3.63) is 34.7 Å². The first kappa shape index (κ1) is 17.5. The topological polar surface area (TPSA) is 60.3 Å². The molecule has 1 amide bonds. The van der Waals surface area contributed by atoms with Crippen molar-refractivity contribution < 1.29 is 22.7 Å². The van der Waals surface area contributed by atoms with Crippen molar-refractivity contribution >= 4 is 5.91 Å². The van der Waals surface area contributed by atoms with E-state index in [1.165, 1.54) is 16.8 Å². The zero-order valence-corrected chi connectivity index (χ0v) is 12.5. The average molecular weight is 332 g/mol. The van der Waals surface area contributed by atoms with Crippen LogP contribution in [0, 0.1) is 0 Å². The molecule has 2 rings (SSSR count). The molecule has 0 saturated heterocycles. The summed E-state index contributed by atoms with van der Waals surface area (Å²) in [5, 5.41) is 2.76. The van der Waals surface area contributed by atoms with Crippen LogP contribution in [0.3, 0.4) is 0 Å². The summed E-state index contributed by atoms with van der Waals surface area (Å²) in [4.78, 5) is 23.5. The van der Waals surface area contributed by atoms with E-state index in [-0.39, 0.29) is 24.1 Å². The molecule has 0 bridgehead atoms. The number of hydrogen-bond donors (Lipinski definition) is 1. The molecule has 0 spiro atoms. The molecule has 1 aromatic heterocycles. The van der Waals surface area contributed by atoms with Gasteiger partial charge in [-0.3, -0.25) is 9.59 Å². The minimum absolute atomic E-state index is 0.107. The highest BCUT2D eigenvalue weighted by atomic mass is 19.4. The second-order valence-corrected chi connectivity index (χ2v) is 5.65. The van der Waals surface area contributed by atoms with E-state index >= 15 is 0 Å². The van der Waals surface area contributed by atoms with Gasteiger partial charge in [-0.15, -0.1) is 0 Å². The van der Waals surface area contributed by atoms with Crippen LogP contribution in [0.1, 0.15) is 25.7 Å². The summed E-state index contributed by atoms with van der Waals surface area (Å²) >= 11 is 0. The number of amides is 1. The highest BCUT2D eigenvalue weighted by Crippen LogP contribution is 2.24. The Bertz CT molecular complexity index is 586. The van der Waals surface area contributed by atoms with Gasteiger partial charge in [0.25, 0.3) is 5.56 Å². The summed E-state index contributed by atoms with van der Waals surface area (Å²) in [6.07, 6.45) is -1.04. The Morgan fingerprint density at radius 2 is 2.13 bits per heavy atom. The van der Waals surface area contributed by atoms with Crippen LogP contribution in [0.5, 0.6) is 0 Å². The number of halogens is 3. The van der Waals surface area contributed by atoms with E-state index in [0.29, 0.717) is 25.7 Å². The van der Waals surface area contributed by atoms with Crippen molar-refractivity contribution in [2.45, 2.75) is 50.6 Å². The predicted octanol–water partition coefficient (Wildman–Crippen LogP) is 1.85. The average Bonchev–Trinajstić information content (AvgIpc) is 2.47. The fourth-order valence-corrected chi connectivity index (χ4v) is 2.66. The first-order chi connectivity index (χ1) is 10.8. The lowest BCUT2D eigenvalue weighted by molar-refractivity contribution is -0.188. The molecule has 8 heteroatoms. The van der Waals surface area contributed by atoms with Crippen molar-refractivity contribution in [3.63, 3.8) is 0 Å². The first-order valence-corrected chi connectivity index (χ1v) is 7.47. The Kier molecular flexibility index (Phi) is 5.81. The number of ether oxygens (including phenoxy) is 1. The molecule has 0 aromatic carbocycles. The molecule has 0 aliphatic heterocycles. The number of carbonyl (C=O) groups is 1. The molecule has 5 nitrogen and oxygen atoms in total. The summed E-state index contributed by atoms with van der Waals surface area (Å²) in [7, 11) is 0. The number of nitrogens with zero attached hydrogens (tertiary/aromatic N) is 1. The fourth-order valence-electron chi connectivity index (χ4n) is 2.66. The van der Waals surface area contributed by atoms with Gasteiger partial charge in [0.1, 0.15) is 13.2 Å². The van der Waals surface area contributed by atoms with Gasteiger partial charge in [-0.2, -0.15) is 13.2 Å². The van der Waals surface area contributed by atoms with Crippen molar-refractivity contribution in [1.29, 1.82) is 0 Å². The van der Waals surface area contributed by atoms with Crippen LogP contribution in [0.2, 0.25) is 0 Å². The molecule has 1 heterocycles. The first-order valence-electron chi connectivity index (χ1n) is 7.47. The third-order valence-corrected chi connectivity index (χ3v) is 3.69. The van der Waals surface area contributed by atoms with Crippen LogP contribution < -0.4 is 10.9 Å². The maximum atomic E-state index is 12.2. The van der Waals surface area contributed by atoms with Gasteiger partial charge in [-0.1, -0.05) is 6.07 Å². The lowest BCUT2D eigenvalue weighted by atomic mass is 9.93. The number of hydrogen-bond acceptors (Lipinski definition) is 3. The number of aromatic nitrogens is 1. The smallest absolute Gasteiger partial charge is 0.369 e. The lowest BCUT2D eigenvalue weighted by Crippen LogP contribution is -2.43. The summed E-state index contributed by atoms with van der Waals surface area (Å²) < 4.78 is 42.7. The van der Waals surface area contributed by atoms with Gasteiger partial charge in [0.2, 0.25) is 5.91 Å². The van der Waals surface area contributed by atoms with Crippen molar-refractivity contribution in [2.24, 2.45) is 0 Å². The second-order valence-electron chi connectivity index (χ2n) is 5.65. The van der Waals surface area contributed by atoms with Crippen LogP contribution in [-0.2, 0) is 16.1 Å². The third kappa shape index (κ3) is 6.05. The zero-order chi connectivity index (χ0) is 16.9. The van der Waals surface area contributed by atoms with Crippen LogP contribution >= 0.6 is 0 Å². The Hall–Kier alpha value is -1.83. The maximum absolute atomic E-state index is 12.2. The Morgan fingerprint density at radius 3 is 2.83 bits per heavy atom. The monoisotopic (exact) mass is 332 g/mol. The van der Waals surface area contributed by atoms with Crippen LogP contribution in [0.25, 0.3) is 0 Å². The third-order valence-electron chi connectivity index (χ3n) is 3.69. The normalized spacial score (nSPS) is 21.9. The molecule has 1 fully saturated rings. The predicted molar refractivity (Wildman–Crippen MR) is 76.9 cm³/mol. The molecule has 23 heavy (non-hydrogen) atoms. The van der Waals surface area contributed by atoms with Crippen LogP contribution in [0.4, 0.5) is 13.2 Å². The minimum Gasteiger partial charge on any atom is -0.369 e. The van der Waals surface area contributed by atoms with Gasteiger partial charge >= 0.3 is 6.18 Å². The van der Waals surface area contributed by atoms with Crippen LogP contribution in [-0.4, -0.2) is 35.4 Å². The van der Waals surface area contributed by atoms with E-state index < -0.39 is 18.9 Å². The van der Waals surface area contributed by atoms with E-state index in [9.17, 15) is 22.8 Å². The van der Waals surface area contributed by atoms with Gasteiger partial charge in [0.15, 0.2) is 0 Å². The zero-order valence-electron chi connectivity index (χ0n) is 12.5. The van der Waals surface area contributed by atoms with Crippen molar-refractivity contribution in [3.8, 4) is 0 Å². The molecule has 1 saturated carbocycles. The maximum Gasteiger partial charge on any atom is 0.411 e. The molecular weight excluding hydrogens is 313 g/mol.